The fraction of sp³-hybridized carbons (Fsp3) is 1.00. The van der Waals surface area contributed by atoms with E-state index in [0.29, 0.717) is 12.1 Å². The summed E-state index contributed by atoms with van der Waals surface area (Å²) in [5.74, 6) is 0. The molecule has 2 unspecified atom stereocenters. The van der Waals surface area contributed by atoms with E-state index in [2.05, 4.69) is 37.7 Å². The van der Waals surface area contributed by atoms with Gasteiger partial charge in [0.05, 0.1) is 0 Å². The Morgan fingerprint density at radius 1 is 1.24 bits per heavy atom. The van der Waals surface area contributed by atoms with E-state index in [1.165, 1.54) is 38.8 Å². The number of hydrogen-bond acceptors (Lipinski definition) is 3. The number of nitrogens with two attached hydrogens (primary N) is 1. The molecule has 1 heterocycles. The van der Waals surface area contributed by atoms with Gasteiger partial charge in [-0.1, -0.05) is 20.3 Å². The molecule has 2 atom stereocenters. The Balaban J connectivity index is 2.44. The minimum Gasteiger partial charge on any atom is -0.326 e. The first-order valence-corrected chi connectivity index (χ1v) is 7.26. The van der Waals surface area contributed by atoms with Crippen molar-refractivity contribution in [1.82, 2.24) is 9.80 Å². The van der Waals surface area contributed by atoms with Crippen LogP contribution >= 0.6 is 0 Å². The van der Waals surface area contributed by atoms with E-state index in [4.69, 9.17) is 5.73 Å². The molecule has 1 rings (SSSR count). The second-order valence-corrected chi connectivity index (χ2v) is 5.66. The fourth-order valence-electron chi connectivity index (χ4n) is 3.09. The smallest absolute Gasteiger partial charge is 0.0244 e. The number of rotatable bonds is 6. The summed E-state index contributed by atoms with van der Waals surface area (Å²) in [5, 5.41) is 0. The van der Waals surface area contributed by atoms with Gasteiger partial charge in [-0.3, -0.25) is 4.90 Å². The van der Waals surface area contributed by atoms with E-state index in [1.807, 2.05) is 0 Å². The third-order valence-electron chi connectivity index (χ3n) is 4.23. The van der Waals surface area contributed by atoms with Crippen LogP contribution in [-0.4, -0.2) is 55.1 Å². The highest BCUT2D eigenvalue weighted by atomic mass is 15.2. The minimum atomic E-state index is 0.362. The van der Waals surface area contributed by atoms with Crippen LogP contribution in [0, 0.1) is 0 Å². The van der Waals surface area contributed by atoms with Crippen molar-refractivity contribution in [1.29, 1.82) is 0 Å². The molecular formula is C14H31N3. The maximum atomic E-state index is 6.31. The van der Waals surface area contributed by atoms with Crippen LogP contribution in [0.25, 0.3) is 0 Å². The predicted octanol–water partition coefficient (Wildman–Crippen LogP) is 1.92. The SMILES string of the molecule is CCCC(N)C(CC)N1CCC(N(C)C)CC1. The van der Waals surface area contributed by atoms with Crippen LogP contribution < -0.4 is 5.73 Å². The summed E-state index contributed by atoms with van der Waals surface area (Å²) in [6.07, 6.45) is 6.14. The van der Waals surface area contributed by atoms with Crippen molar-refractivity contribution in [3.8, 4) is 0 Å². The van der Waals surface area contributed by atoms with Crippen molar-refractivity contribution in [2.45, 2.75) is 64.1 Å². The molecule has 3 heteroatoms. The van der Waals surface area contributed by atoms with E-state index < -0.39 is 0 Å². The Morgan fingerprint density at radius 2 is 1.82 bits per heavy atom. The molecule has 1 aliphatic heterocycles. The molecule has 0 saturated carbocycles. The standard InChI is InChI=1S/C14H31N3/c1-5-7-13(15)14(6-2)17-10-8-12(9-11-17)16(3)4/h12-14H,5-11,15H2,1-4H3. The fourth-order valence-corrected chi connectivity index (χ4v) is 3.09. The second-order valence-electron chi connectivity index (χ2n) is 5.66. The van der Waals surface area contributed by atoms with Gasteiger partial charge in [-0.2, -0.15) is 0 Å². The molecule has 0 radical (unpaired) electrons. The average molecular weight is 241 g/mol. The molecule has 0 spiro atoms. The van der Waals surface area contributed by atoms with Crippen molar-refractivity contribution >= 4 is 0 Å². The Bertz CT molecular complexity index is 198. The summed E-state index contributed by atoms with van der Waals surface area (Å²) in [7, 11) is 4.39. The van der Waals surface area contributed by atoms with Gasteiger partial charge >= 0.3 is 0 Å². The highest BCUT2D eigenvalue weighted by Gasteiger charge is 2.27. The van der Waals surface area contributed by atoms with Gasteiger partial charge in [0.1, 0.15) is 0 Å². The zero-order chi connectivity index (χ0) is 12.8. The van der Waals surface area contributed by atoms with Crippen LogP contribution in [-0.2, 0) is 0 Å². The van der Waals surface area contributed by atoms with E-state index in [-0.39, 0.29) is 0 Å². The third-order valence-corrected chi connectivity index (χ3v) is 4.23. The Hall–Kier alpha value is -0.120. The molecule has 1 saturated heterocycles. The van der Waals surface area contributed by atoms with E-state index in [9.17, 15) is 0 Å². The Morgan fingerprint density at radius 3 is 2.24 bits per heavy atom. The van der Waals surface area contributed by atoms with Gasteiger partial charge in [-0.05, 0) is 52.9 Å². The summed E-state index contributed by atoms with van der Waals surface area (Å²) in [4.78, 5) is 4.99. The van der Waals surface area contributed by atoms with Crippen molar-refractivity contribution in [2.24, 2.45) is 5.73 Å². The molecule has 1 aliphatic rings. The molecule has 0 aromatic rings. The van der Waals surface area contributed by atoms with Gasteiger partial charge in [0, 0.05) is 18.1 Å². The maximum Gasteiger partial charge on any atom is 0.0244 e. The lowest BCUT2D eigenvalue weighted by molar-refractivity contribution is 0.0920. The van der Waals surface area contributed by atoms with Crippen molar-refractivity contribution in [2.75, 3.05) is 27.2 Å². The highest BCUT2D eigenvalue weighted by molar-refractivity contribution is 4.86. The molecule has 0 aromatic heterocycles. The van der Waals surface area contributed by atoms with Gasteiger partial charge < -0.3 is 10.6 Å². The van der Waals surface area contributed by atoms with Crippen LogP contribution in [0.1, 0.15) is 46.0 Å². The first-order chi connectivity index (χ1) is 8.10. The minimum absolute atomic E-state index is 0.362. The van der Waals surface area contributed by atoms with Gasteiger partial charge in [-0.15, -0.1) is 0 Å². The number of likely N-dealkylation sites (tertiary alicyclic amines) is 1. The molecule has 0 amide bonds. The first-order valence-electron chi connectivity index (χ1n) is 7.26. The monoisotopic (exact) mass is 241 g/mol. The second kappa shape index (κ2) is 7.34. The van der Waals surface area contributed by atoms with E-state index >= 15 is 0 Å². The van der Waals surface area contributed by atoms with Gasteiger partial charge in [-0.25, -0.2) is 0 Å². The zero-order valence-corrected chi connectivity index (χ0v) is 12.2. The highest BCUT2D eigenvalue weighted by Crippen LogP contribution is 2.20. The van der Waals surface area contributed by atoms with Crippen molar-refractivity contribution < 1.29 is 0 Å². The zero-order valence-electron chi connectivity index (χ0n) is 12.2. The lowest BCUT2D eigenvalue weighted by Crippen LogP contribution is -2.52. The van der Waals surface area contributed by atoms with Crippen LogP contribution in [0.5, 0.6) is 0 Å². The summed E-state index contributed by atoms with van der Waals surface area (Å²) in [5.41, 5.74) is 6.31. The topological polar surface area (TPSA) is 32.5 Å². The number of nitrogens with zero attached hydrogens (tertiary/aromatic N) is 2. The van der Waals surface area contributed by atoms with Gasteiger partial charge in [0.2, 0.25) is 0 Å². The summed E-state index contributed by atoms with van der Waals surface area (Å²) >= 11 is 0. The van der Waals surface area contributed by atoms with Crippen LogP contribution in [0.2, 0.25) is 0 Å². The lowest BCUT2D eigenvalue weighted by Gasteiger charge is -2.41. The van der Waals surface area contributed by atoms with Crippen LogP contribution in [0.3, 0.4) is 0 Å². The molecule has 0 bridgehead atoms. The Kier molecular flexibility index (Phi) is 6.45. The average Bonchev–Trinajstić information content (AvgIpc) is 2.31. The van der Waals surface area contributed by atoms with Gasteiger partial charge in [0.15, 0.2) is 0 Å². The normalized spacial score (nSPS) is 22.9. The summed E-state index contributed by atoms with van der Waals surface area (Å²) in [6, 6.07) is 1.73. The molecule has 2 N–H and O–H groups in total. The molecular weight excluding hydrogens is 210 g/mol. The van der Waals surface area contributed by atoms with E-state index in [0.717, 1.165) is 12.5 Å². The third kappa shape index (κ3) is 4.23. The number of hydrogen-bond donors (Lipinski definition) is 1. The van der Waals surface area contributed by atoms with Crippen LogP contribution in [0.4, 0.5) is 0 Å². The molecule has 17 heavy (non-hydrogen) atoms. The number of piperidine rings is 1. The molecule has 0 aliphatic carbocycles. The quantitative estimate of drug-likeness (QED) is 0.771. The molecule has 3 nitrogen and oxygen atoms in total. The predicted molar refractivity (Wildman–Crippen MR) is 75.2 cm³/mol. The van der Waals surface area contributed by atoms with Crippen LogP contribution in [0.15, 0.2) is 0 Å². The summed E-state index contributed by atoms with van der Waals surface area (Å²) in [6.45, 7) is 6.95. The molecule has 1 fully saturated rings. The van der Waals surface area contributed by atoms with Gasteiger partial charge in [0.25, 0.3) is 0 Å². The lowest BCUT2D eigenvalue weighted by atomic mass is 9.96. The largest absolute Gasteiger partial charge is 0.326 e. The molecule has 0 aromatic carbocycles. The maximum absolute atomic E-state index is 6.31. The van der Waals surface area contributed by atoms with Crippen molar-refractivity contribution in [3.63, 3.8) is 0 Å². The first kappa shape index (κ1) is 14.9. The van der Waals surface area contributed by atoms with Crippen molar-refractivity contribution in [3.05, 3.63) is 0 Å². The van der Waals surface area contributed by atoms with E-state index in [1.54, 1.807) is 0 Å². The summed E-state index contributed by atoms with van der Waals surface area (Å²) < 4.78 is 0. The molecule has 102 valence electrons. The Labute approximate surface area is 107 Å².